The van der Waals surface area contributed by atoms with E-state index in [-0.39, 0.29) is 0 Å². The molecule has 4 nitrogen and oxygen atoms in total. The van der Waals surface area contributed by atoms with Crippen LogP contribution in [-0.4, -0.2) is 37.8 Å². The van der Waals surface area contributed by atoms with Crippen molar-refractivity contribution in [2.75, 3.05) is 31.6 Å². The molecule has 0 unspecified atom stereocenters. The quantitative estimate of drug-likeness (QED) is 0.556. The van der Waals surface area contributed by atoms with Crippen LogP contribution in [0.25, 0.3) is 0 Å². The monoisotopic (exact) mass is 262 g/mol. The van der Waals surface area contributed by atoms with Crippen molar-refractivity contribution in [3.63, 3.8) is 0 Å². The van der Waals surface area contributed by atoms with Crippen molar-refractivity contribution in [1.82, 2.24) is 5.32 Å². The van der Waals surface area contributed by atoms with Gasteiger partial charge in [0.05, 0.1) is 0 Å². The van der Waals surface area contributed by atoms with Crippen LogP contribution in [0.2, 0.25) is 0 Å². The van der Waals surface area contributed by atoms with Crippen molar-refractivity contribution >= 4 is 11.7 Å². The van der Waals surface area contributed by atoms with Crippen LogP contribution in [0.5, 0.6) is 0 Å². The maximum atomic E-state index is 10.4. The number of hydrogen-bond acceptors (Lipinski definition) is 3. The number of carbonyl (C=O) groups is 1. The first-order chi connectivity index (χ1) is 9.09. The van der Waals surface area contributed by atoms with E-state index in [0.717, 1.165) is 25.1 Å². The number of nitrogens with one attached hydrogen (secondary N) is 1. The minimum Gasteiger partial charge on any atom is -0.478 e. The standard InChI is InChI=1S/C15H22N2O2/c1-13(11-15(18)19)12-16-9-6-10-17(2)14-7-4-3-5-8-14/h3-5,7-8,11,16H,6,9-10,12H2,1-2H3,(H,18,19)/b13-11+. The summed E-state index contributed by atoms with van der Waals surface area (Å²) in [6.07, 6.45) is 2.26. The van der Waals surface area contributed by atoms with Crippen molar-refractivity contribution < 1.29 is 9.90 Å². The van der Waals surface area contributed by atoms with Crippen LogP contribution in [0.1, 0.15) is 13.3 Å². The van der Waals surface area contributed by atoms with E-state index in [1.807, 2.05) is 25.1 Å². The van der Waals surface area contributed by atoms with Crippen LogP contribution in [0.15, 0.2) is 42.0 Å². The van der Waals surface area contributed by atoms with Crippen LogP contribution in [-0.2, 0) is 4.79 Å². The minimum absolute atomic E-state index is 0.626. The first-order valence-corrected chi connectivity index (χ1v) is 6.46. The molecule has 0 saturated heterocycles. The van der Waals surface area contributed by atoms with Crippen LogP contribution < -0.4 is 10.2 Å². The molecule has 0 aliphatic heterocycles. The van der Waals surface area contributed by atoms with E-state index in [0.29, 0.717) is 6.54 Å². The summed E-state index contributed by atoms with van der Waals surface area (Å²) < 4.78 is 0. The molecule has 1 aromatic carbocycles. The molecule has 0 atom stereocenters. The van der Waals surface area contributed by atoms with Gasteiger partial charge < -0.3 is 15.3 Å². The van der Waals surface area contributed by atoms with Crippen molar-refractivity contribution in [2.45, 2.75) is 13.3 Å². The Morgan fingerprint density at radius 3 is 2.68 bits per heavy atom. The molecule has 2 N–H and O–H groups in total. The van der Waals surface area contributed by atoms with Gasteiger partial charge in [-0.15, -0.1) is 0 Å². The summed E-state index contributed by atoms with van der Waals surface area (Å²) in [7, 11) is 2.07. The van der Waals surface area contributed by atoms with Gasteiger partial charge in [0.1, 0.15) is 0 Å². The minimum atomic E-state index is -0.886. The lowest BCUT2D eigenvalue weighted by Gasteiger charge is -2.19. The highest BCUT2D eigenvalue weighted by molar-refractivity contribution is 5.80. The Morgan fingerprint density at radius 2 is 2.05 bits per heavy atom. The van der Waals surface area contributed by atoms with Gasteiger partial charge in [0.25, 0.3) is 0 Å². The topological polar surface area (TPSA) is 52.6 Å². The molecule has 104 valence electrons. The van der Waals surface area contributed by atoms with E-state index in [4.69, 9.17) is 5.11 Å². The maximum absolute atomic E-state index is 10.4. The number of hydrogen-bond donors (Lipinski definition) is 2. The third kappa shape index (κ3) is 6.62. The van der Waals surface area contributed by atoms with E-state index in [9.17, 15) is 4.79 Å². The average Bonchev–Trinajstić information content (AvgIpc) is 2.38. The second-order valence-electron chi connectivity index (χ2n) is 4.62. The molecule has 0 aliphatic rings. The zero-order valence-electron chi connectivity index (χ0n) is 11.6. The van der Waals surface area contributed by atoms with Crippen molar-refractivity contribution in [3.05, 3.63) is 42.0 Å². The lowest BCUT2D eigenvalue weighted by Crippen LogP contribution is -2.24. The summed E-state index contributed by atoms with van der Waals surface area (Å²) in [5.74, 6) is -0.886. The lowest BCUT2D eigenvalue weighted by molar-refractivity contribution is -0.131. The Bertz CT molecular complexity index is 415. The smallest absolute Gasteiger partial charge is 0.328 e. The predicted molar refractivity (Wildman–Crippen MR) is 78.6 cm³/mol. The number of carboxylic acid groups (broad SMARTS) is 1. The fourth-order valence-corrected chi connectivity index (χ4v) is 1.80. The molecule has 19 heavy (non-hydrogen) atoms. The largest absolute Gasteiger partial charge is 0.478 e. The SMILES string of the molecule is C/C(=C\C(=O)O)CNCCCN(C)c1ccccc1. The molecule has 0 bridgehead atoms. The third-order valence-corrected chi connectivity index (χ3v) is 2.82. The number of benzene rings is 1. The summed E-state index contributed by atoms with van der Waals surface area (Å²) in [4.78, 5) is 12.6. The normalized spacial score (nSPS) is 11.4. The molecule has 1 rings (SSSR count). The zero-order valence-corrected chi connectivity index (χ0v) is 11.6. The molecular weight excluding hydrogens is 240 g/mol. The van der Waals surface area contributed by atoms with E-state index < -0.39 is 5.97 Å². The van der Waals surface area contributed by atoms with Gasteiger partial charge in [-0.3, -0.25) is 0 Å². The predicted octanol–water partition coefficient (Wildman–Crippen LogP) is 2.13. The zero-order chi connectivity index (χ0) is 14.1. The number of carboxylic acids is 1. The van der Waals surface area contributed by atoms with Crippen molar-refractivity contribution in [2.24, 2.45) is 0 Å². The third-order valence-electron chi connectivity index (χ3n) is 2.82. The van der Waals surface area contributed by atoms with Gasteiger partial charge in [-0.1, -0.05) is 23.8 Å². The number of nitrogens with zero attached hydrogens (tertiary/aromatic N) is 1. The molecule has 0 aromatic heterocycles. The highest BCUT2D eigenvalue weighted by atomic mass is 16.4. The fourth-order valence-electron chi connectivity index (χ4n) is 1.80. The van der Waals surface area contributed by atoms with E-state index in [1.165, 1.54) is 11.8 Å². The molecule has 0 amide bonds. The highest BCUT2D eigenvalue weighted by Crippen LogP contribution is 2.10. The van der Waals surface area contributed by atoms with E-state index in [2.05, 4.69) is 29.4 Å². The number of anilines is 1. The first-order valence-electron chi connectivity index (χ1n) is 6.46. The van der Waals surface area contributed by atoms with Crippen LogP contribution in [0, 0.1) is 0 Å². The van der Waals surface area contributed by atoms with Gasteiger partial charge in [0.15, 0.2) is 0 Å². The molecule has 0 heterocycles. The molecule has 1 aromatic rings. The number of aliphatic carboxylic acids is 1. The maximum Gasteiger partial charge on any atom is 0.328 e. The van der Waals surface area contributed by atoms with Gasteiger partial charge in [0, 0.05) is 31.9 Å². The van der Waals surface area contributed by atoms with Crippen LogP contribution >= 0.6 is 0 Å². The highest BCUT2D eigenvalue weighted by Gasteiger charge is 1.99. The van der Waals surface area contributed by atoms with E-state index >= 15 is 0 Å². The molecular formula is C15H22N2O2. The van der Waals surface area contributed by atoms with Gasteiger partial charge in [-0.25, -0.2) is 4.79 Å². The second-order valence-corrected chi connectivity index (χ2v) is 4.62. The van der Waals surface area contributed by atoms with Gasteiger partial charge in [0.2, 0.25) is 0 Å². The molecule has 4 heteroatoms. The van der Waals surface area contributed by atoms with E-state index in [1.54, 1.807) is 0 Å². The summed E-state index contributed by atoms with van der Waals surface area (Å²) in [5, 5.41) is 11.8. The van der Waals surface area contributed by atoms with Gasteiger partial charge in [-0.05, 0) is 32.0 Å². The Kier molecular flexibility index (Phi) is 6.68. The fraction of sp³-hybridized carbons (Fsp3) is 0.400. The van der Waals surface area contributed by atoms with Crippen LogP contribution in [0.4, 0.5) is 5.69 Å². The van der Waals surface area contributed by atoms with Crippen molar-refractivity contribution in [3.8, 4) is 0 Å². The number of rotatable bonds is 8. The summed E-state index contributed by atoms with van der Waals surface area (Å²) in [6, 6.07) is 10.3. The molecule has 0 fully saturated rings. The Balaban J connectivity index is 2.16. The molecule has 0 spiro atoms. The molecule has 0 radical (unpaired) electrons. The Morgan fingerprint density at radius 1 is 1.37 bits per heavy atom. The lowest BCUT2D eigenvalue weighted by atomic mass is 10.2. The molecule has 0 aliphatic carbocycles. The van der Waals surface area contributed by atoms with Crippen molar-refractivity contribution in [1.29, 1.82) is 0 Å². The Labute approximate surface area is 114 Å². The average molecular weight is 262 g/mol. The second kappa shape index (κ2) is 8.32. The summed E-state index contributed by atoms with van der Waals surface area (Å²) >= 11 is 0. The van der Waals surface area contributed by atoms with Crippen LogP contribution in [0.3, 0.4) is 0 Å². The first kappa shape index (κ1) is 15.2. The van der Waals surface area contributed by atoms with Gasteiger partial charge in [-0.2, -0.15) is 0 Å². The molecule has 0 saturated carbocycles. The summed E-state index contributed by atoms with van der Waals surface area (Å²) in [5.41, 5.74) is 2.05. The Hall–Kier alpha value is -1.81. The number of para-hydroxylation sites is 1. The summed E-state index contributed by atoms with van der Waals surface area (Å²) in [6.45, 7) is 4.29. The van der Waals surface area contributed by atoms with Gasteiger partial charge >= 0.3 is 5.97 Å².